The maximum Gasteiger partial charge on any atom is 0.143 e. The van der Waals surface area contributed by atoms with Crippen LogP contribution in [0.25, 0.3) is 164 Å². The first-order valence-corrected chi connectivity index (χ1v) is 26.5. The van der Waals surface area contributed by atoms with Gasteiger partial charge in [-0.15, -0.1) is 0 Å². The molecule has 0 atom stereocenters. The lowest BCUT2D eigenvalue weighted by Gasteiger charge is -2.19. The molecule has 0 aliphatic carbocycles. The van der Waals surface area contributed by atoms with Crippen molar-refractivity contribution < 1.29 is 40.1 Å². The van der Waals surface area contributed by atoms with Crippen molar-refractivity contribution in [1.29, 1.82) is 0 Å². The van der Waals surface area contributed by atoms with Gasteiger partial charge >= 0.3 is 0 Å². The molecule has 386 valence electrons. The second-order valence-corrected chi connectivity index (χ2v) is 19.7. The molecule has 1 aromatic heterocycles. The lowest BCUT2D eigenvalue weighted by Crippen LogP contribution is -1.91. The maximum atomic E-state index is 9.43. The zero-order valence-electron chi connectivity index (χ0n) is 69.4. The van der Waals surface area contributed by atoms with Crippen molar-refractivity contribution in [3.05, 3.63) is 315 Å². The van der Waals surface area contributed by atoms with Crippen molar-refractivity contribution in [2.24, 2.45) is 0 Å². The van der Waals surface area contributed by atoms with Gasteiger partial charge in [-0.05, 0) is 161 Å². The molecule has 1 heteroatoms. The molecule has 0 amide bonds. The van der Waals surface area contributed by atoms with Gasteiger partial charge in [-0.2, -0.15) is 0 Å². The molecule has 1 nitrogen and oxygen atoms in total. The predicted octanol–water partition coefficient (Wildman–Crippen LogP) is 23.3. The highest BCUT2D eigenvalue weighted by Crippen LogP contribution is 2.49. The largest absolute Gasteiger partial charge is 0.455 e. The van der Waals surface area contributed by atoms with E-state index in [9.17, 15) is 12.3 Å². The van der Waals surface area contributed by atoms with Crippen molar-refractivity contribution in [1.82, 2.24) is 0 Å². The Hall–Kier alpha value is -10.9. The molecule has 83 heavy (non-hydrogen) atoms. The summed E-state index contributed by atoms with van der Waals surface area (Å²) >= 11 is 0. The molecule has 0 N–H and O–H groups in total. The Labute approximate surface area is 517 Å². The molecule has 16 aromatic carbocycles. The van der Waals surface area contributed by atoms with E-state index in [2.05, 4.69) is 158 Å². The van der Waals surface area contributed by atoms with Crippen LogP contribution in [0.2, 0.25) is 0 Å². The van der Waals surface area contributed by atoms with Crippen LogP contribution in [0.4, 0.5) is 0 Å². The van der Waals surface area contributed by atoms with Crippen LogP contribution in [0.5, 0.6) is 0 Å². The number of hydrogen-bond donors (Lipinski definition) is 0. The van der Waals surface area contributed by atoms with Crippen LogP contribution in [-0.2, 0) is 0 Å². The van der Waals surface area contributed by atoms with Crippen LogP contribution in [0.1, 0.15) is 35.6 Å². The minimum atomic E-state index is -1.07. The molecule has 0 spiro atoms. The standard InChI is InChI=1S/C42H26O.C40H26/c1-2-12-27(13-3-1)29-15-10-16-30(26-29)39-32-18-6-8-20-34(32)40(35-21-9-7-19-33(35)39)36-22-11-23-38-41(36)37-25-24-28-14-4-5-17-31(28)42(37)43-38;1-2-12-31-26-32(25-22-27(31)10-1)28-20-23-30(24-21-28)39-35-15-5-7-17-37(35)40(38-18-8-6-16-36(38)39)34-19-9-13-29-11-3-4-14-33(29)34/h1-26H;1-26H/i;1D,2D,3D,4D,5D,6D,7D,8D,9D,10D,11D,12D,13D,14D,15D,16D,17D,18D,19D,20D,21D,22D,23D,24D,25D,26D. The van der Waals surface area contributed by atoms with Gasteiger partial charge in [0.15, 0.2) is 0 Å². The van der Waals surface area contributed by atoms with Crippen LogP contribution in [0.3, 0.4) is 0 Å². The van der Waals surface area contributed by atoms with Crippen LogP contribution in [0, 0.1) is 0 Å². The summed E-state index contributed by atoms with van der Waals surface area (Å²) in [7, 11) is 0. The molecule has 1 heterocycles. The molecule has 0 fully saturated rings. The summed E-state index contributed by atoms with van der Waals surface area (Å²) in [4.78, 5) is 0. The molecule has 0 aliphatic heterocycles. The smallest absolute Gasteiger partial charge is 0.143 e. The Morgan fingerprint density at radius 2 is 0.747 bits per heavy atom. The first kappa shape index (κ1) is 28.5. The van der Waals surface area contributed by atoms with E-state index < -0.39 is 234 Å². The summed E-state index contributed by atoms with van der Waals surface area (Å²) in [6.07, 6.45) is 0. The molecule has 0 unspecified atom stereocenters. The van der Waals surface area contributed by atoms with Crippen molar-refractivity contribution >= 4 is 97.3 Å². The van der Waals surface area contributed by atoms with Crippen LogP contribution < -0.4 is 0 Å². The Morgan fingerprint density at radius 3 is 1.46 bits per heavy atom. The van der Waals surface area contributed by atoms with Crippen molar-refractivity contribution in [3.8, 4) is 66.8 Å². The van der Waals surface area contributed by atoms with E-state index in [0.29, 0.717) is 0 Å². The first-order chi connectivity index (χ1) is 52.0. The van der Waals surface area contributed by atoms with Gasteiger partial charge in [0, 0.05) is 16.2 Å². The highest BCUT2D eigenvalue weighted by molar-refractivity contribution is 6.28. The quantitative estimate of drug-likeness (QED) is 0.151. The minimum Gasteiger partial charge on any atom is -0.455 e. The van der Waals surface area contributed by atoms with E-state index >= 15 is 0 Å². The molecule has 0 saturated carbocycles. The van der Waals surface area contributed by atoms with E-state index in [-0.39, 0.29) is 0 Å². The predicted molar refractivity (Wildman–Crippen MR) is 355 cm³/mol. The summed E-state index contributed by atoms with van der Waals surface area (Å²) in [5, 5.41) is 4.42. The summed E-state index contributed by atoms with van der Waals surface area (Å²) in [6, 6.07) is 32.7. The molecule has 0 bridgehead atoms. The van der Waals surface area contributed by atoms with Gasteiger partial charge in [0.25, 0.3) is 0 Å². The third-order valence-electron chi connectivity index (χ3n) is 15.2. The normalized spacial score (nSPS) is 16.0. The van der Waals surface area contributed by atoms with Gasteiger partial charge in [0.05, 0.1) is 35.6 Å². The molecule has 0 saturated heterocycles. The summed E-state index contributed by atoms with van der Waals surface area (Å²) in [6.45, 7) is 0. The summed E-state index contributed by atoms with van der Waals surface area (Å²) in [5.74, 6) is 0. The average Bonchev–Trinajstić information content (AvgIpc) is 1.13. The second kappa shape index (κ2) is 20.0. The topological polar surface area (TPSA) is 13.1 Å². The Morgan fingerprint density at radius 1 is 0.241 bits per heavy atom. The van der Waals surface area contributed by atoms with Gasteiger partial charge in [-0.3, -0.25) is 0 Å². The Kier molecular flexibility index (Phi) is 6.89. The van der Waals surface area contributed by atoms with Gasteiger partial charge in [0.2, 0.25) is 0 Å². The first-order valence-electron chi connectivity index (χ1n) is 39.5. The number of rotatable bonds is 6. The molecular formula is C82H52O. The SMILES string of the molecule is [2H]c1c([2H])c(-c2c3c([2H])c([2H])c([2H])c([2H])c3c(-c3c([2H])c([2H])c([2H])c4c([2H])c([2H])c([2H])c([2H])c34)c3c([2H])c([2H])c([2H])c([2H])c23)c([2H])c([2H])c1-c1c([2H])c([2H])c2c([2H])c([2H])c([2H])c([2H])c2c1[2H].c1ccc(-c2cccc(-c3c4ccccc4c(-c4cccc5oc6c7ccccc7ccc6c45)c4ccccc34)c2)cc1. The number of fused-ring (bicyclic) bond motifs is 11. The van der Waals surface area contributed by atoms with E-state index in [4.69, 9.17) is 27.7 Å². The van der Waals surface area contributed by atoms with E-state index in [1.807, 2.05) is 0 Å². The fourth-order valence-electron chi connectivity index (χ4n) is 11.6. The number of hydrogen-bond acceptors (Lipinski definition) is 1. The van der Waals surface area contributed by atoms with Gasteiger partial charge < -0.3 is 4.42 Å². The van der Waals surface area contributed by atoms with Crippen LogP contribution >= 0.6 is 0 Å². The third kappa shape index (κ3) is 8.16. The molecule has 17 rings (SSSR count). The fourth-order valence-corrected chi connectivity index (χ4v) is 11.6. The average molecular weight is 1080 g/mol. The van der Waals surface area contributed by atoms with Crippen LogP contribution in [-0.4, -0.2) is 0 Å². The summed E-state index contributed by atoms with van der Waals surface area (Å²) in [5.41, 5.74) is 4.72. The van der Waals surface area contributed by atoms with Crippen molar-refractivity contribution in [2.75, 3.05) is 0 Å². The van der Waals surface area contributed by atoms with Gasteiger partial charge in [0.1, 0.15) is 11.2 Å². The highest BCUT2D eigenvalue weighted by Gasteiger charge is 2.22. The molecule has 17 aromatic rings. The highest BCUT2D eigenvalue weighted by atomic mass is 16.3. The monoisotopic (exact) mass is 1080 g/mol. The maximum absolute atomic E-state index is 9.43. The van der Waals surface area contributed by atoms with E-state index in [1.165, 1.54) is 60.3 Å². The molecular weight excluding hydrogens is 1000 g/mol. The van der Waals surface area contributed by atoms with Crippen molar-refractivity contribution in [2.45, 2.75) is 0 Å². The van der Waals surface area contributed by atoms with E-state index in [1.54, 1.807) is 0 Å². The fraction of sp³-hybridized carbons (Fsp3) is 0. The number of furan rings is 1. The lowest BCUT2D eigenvalue weighted by atomic mass is 9.84. The Balaban J connectivity index is 0.000000180. The lowest BCUT2D eigenvalue weighted by molar-refractivity contribution is 0.673. The van der Waals surface area contributed by atoms with Gasteiger partial charge in [-0.1, -0.05) is 291 Å². The number of benzene rings is 16. The van der Waals surface area contributed by atoms with E-state index in [0.717, 1.165) is 27.3 Å². The summed E-state index contributed by atoms with van der Waals surface area (Å²) < 4.78 is 237. The Bertz CT molecular complexity index is 6820. The third-order valence-corrected chi connectivity index (χ3v) is 15.2. The molecule has 0 radical (unpaired) electrons. The zero-order chi connectivity index (χ0) is 77.4. The van der Waals surface area contributed by atoms with Crippen molar-refractivity contribution in [3.63, 3.8) is 0 Å². The zero-order valence-corrected chi connectivity index (χ0v) is 43.4. The second-order valence-electron chi connectivity index (χ2n) is 19.7. The van der Waals surface area contributed by atoms with Gasteiger partial charge in [-0.25, -0.2) is 0 Å². The van der Waals surface area contributed by atoms with Crippen LogP contribution in [0.15, 0.2) is 319 Å². The molecule has 0 aliphatic rings. The minimum absolute atomic E-state index is 0.526.